The molecule has 3 N–H and O–H groups in total. The molecule has 0 saturated carbocycles. The summed E-state index contributed by atoms with van der Waals surface area (Å²) in [6, 6.07) is 6.52. The van der Waals surface area contributed by atoms with Gasteiger partial charge in [0.25, 0.3) is 0 Å². The summed E-state index contributed by atoms with van der Waals surface area (Å²) in [6.07, 6.45) is 4.71. The van der Waals surface area contributed by atoms with Gasteiger partial charge in [0, 0.05) is 19.2 Å². The van der Waals surface area contributed by atoms with Crippen molar-refractivity contribution >= 4 is 5.69 Å². The highest BCUT2D eigenvalue weighted by Crippen LogP contribution is 2.23. The topological polar surface area (TPSA) is 56.5 Å². The van der Waals surface area contributed by atoms with Gasteiger partial charge < -0.3 is 20.5 Å². The molecule has 2 rings (SSSR count). The first-order valence-corrected chi connectivity index (χ1v) is 8.05. The van der Waals surface area contributed by atoms with Crippen molar-refractivity contribution in [3.8, 4) is 5.75 Å². The van der Waals surface area contributed by atoms with Crippen LogP contribution in [-0.4, -0.2) is 31.9 Å². The minimum absolute atomic E-state index is 0.391. The Bertz CT molecular complexity index is 431. The average Bonchev–Trinajstić information content (AvgIpc) is 2.98. The van der Waals surface area contributed by atoms with Crippen LogP contribution in [0.3, 0.4) is 0 Å². The van der Waals surface area contributed by atoms with Gasteiger partial charge in [0.05, 0.1) is 18.4 Å². The summed E-state index contributed by atoms with van der Waals surface area (Å²) in [5.41, 5.74) is 8.01. The Morgan fingerprint density at radius 2 is 2.33 bits per heavy atom. The quantitative estimate of drug-likeness (QED) is 0.723. The minimum atomic E-state index is 0.391. The van der Waals surface area contributed by atoms with Crippen molar-refractivity contribution in [2.24, 2.45) is 0 Å². The molecule has 118 valence electrons. The number of ether oxygens (including phenoxy) is 2. The molecule has 1 fully saturated rings. The maximum Gasteiger partial charge on any atom is 0.142 e. The summed E-state index contributed by atoms with van der Waals surface area (Å²) in [4.78, 5) is 0. The molecule has 1 aliphatic heterocycles. The van der Waals surface area contributed by atoms with Crippen LogP contribution in [0.1, 0.15) is 38.7 Å². The summed E-state index contributed by atoms with van der Waals surface area (Å²) in [5, 5.41) is 3.54. The van der Waals surface area contributed by atoms with Gasteiger partial charge in [-0.1, -0.05) is 13.0 Å². The monoisotopic (exact) mass is 292 g/mol. The highest BCUT2D eigenvalue weighted by atomic mass is 16.5. The van der Waals surface area contributed by atoms with E-state index in [9.17, 15) is 0 Å². The maximum absolute atomic E-state index is 6.05. The van der Waals surface area contributed by atoms with Crippen LogP contribution in [0.15, 0.2) is 18.2 Å². The molecule has 2 unspecified atom stereocenters. The van der Waals surface area contributed by atoms with Gasteiger partial charge in [0.15, 0.2) is 0 Å². The Hall–Kier alpha value is -1.26. The van der Waals surface area contributed by atoms with E-state index in [-0.39, 0.29) is 0 Å². The number of nitrogens with one attached hydrogen (secondary N) is 1. The summed E-state index contributed by atoms with van der Waals surface area (Å²) in [6.45, 7) is 6.85. The molecule has 1 aromatic rings. The molecule has 1 heterocycles. The lowest BCUT2D eigenvalue weighted by atomic mass is 10.1. The number of hydrogen-bond donors (Lipinski definition) is 2. The van der Waals surface area contributed by atoms with E-state index in [1.807, 2.05) is 12.1 Å². The zero-order chi connectivity index (χ0) is 15.1. The van der Waals surface area contributed by atoms with Crippen molar-refractivity contribution in [2.45, 2.75) is 51.7 Å². The Labute approximate surface area is 128 Å². The van der Waals surface area contributed by atoms with Crippen LogP contribution in [0.5, 0.6) is 5.75 Å². The van der Waals surface area contributed by atoms with E-state index in [1.54, 1.807) is 0 Å². The first-order valence-electron chi connectivity index (χ1n) is 8.05. The number of anilines is 1. The zero-order valence-electron chi connectivity index (χ0n) is 13.2. The molecule has 21 heavy (non-hydrogen) atoms. The van der Waals surface area contributed by atoms with E-state index >= 15 is 0 Å². The molecule has 0 aromatic heterocycles. The minimum Gasteiger partial charge on any atom is -0.491 e. The molecule has 0 spiro atoms. The largest absolute Gasteiger partial charge is 0.491 e. The van der Waals surface area contributed by atoms with Crippen molar-refractivity contribution in [1.29, 1.82) is 0 Å². The van der Waals surface area contributed by atoms with Crippen molar-refractivity contribution in [3.05, 3.63) is 23.8 Å². The Balaban J connectivity index is 1.79. The third-order valence-electron chi connectivity index (χ3n) is 3.80. The summed E-state index contributed by atoms with van der Waals surface area (Å²) in [5.74, 6) is 0.792. The van der Waals surface area contributed by atoms with E-state index in [1.165, 1.54) is 18.4 Å². The van der Waals surface area contributed by atoms with Crippen LogP contribution in [0.4, 0.5) is 5.69 Å². The molecular weight excluding hydrogens is 264 g/mol. The van der Waals surface area contributed by atoms with E-state index in [0.29, 0.717) is 18.8 Å². The smallest absolute Gasteiger partial charge is 0.142 e. The maximum atomic E-state index is 6.05. The number of benzene rings is 1. The van der Waals surface area contributed by atoms with Gasteiger partial charge in [-0.05, 0) is 50.3 Å². The van der Waals surface area contributed by atoms with E-state index in [0.717, 1.165) is 37.4 Å². The lowest BCUT2D eigenvalue weighted by molar-refractivity contribution is 0.108. The van der Waals surface area contributed by atoms with Gasteiger partial charge in [0.1, 0.15) is 5.75 Å². The van der Waals surface area contributed by atoms with Crippen LogP contribution >= 0.6 is 0 Å². The molecular formula is C17H28N2O2. The Kier molecular flexibility index (Phi) is 6.33. The predicted molar refractivity (Wildman–Crippen MR) is 86.8 cm³/mol. The second-order valence-corrected chi connectivity index (χ2v) is 5.87. The van der Waals surface area contributed by atoms with Crippen molar-refractivity contribution in [2.75, 3.05) is 25.5 Å². The van der Waals surface area contributed by atoms with E-state index in [4.69, 9.17) is 15.2 Å². The molecule has 1 aromatic carbocycles. The fourth-order valence-corrected chi connectivity index (χ4v) is 2.63. The molecule has 4 nitrogen and oxygen atoms in total. The van der Waals surface area contributed by atoms with Crippen LogP contribution in [0.25, 0.3) is 0 Å². The molecule has 1 saturated heterocycles. The van der Waals surface area contributed by atoms with Crippen LogP contribution < -0.4 is 15.8 Å². The fraction of sp³-hybridized carbons (Fsp3) is 0.647. The van der Waals surface area contributed by atoms with Crippen molar-refractivity contribution in [1.82, 2.24) is 5.32 Å². The van der Waals surface area contributed by atoms with Gasteiger partial charge >= 0.3 is 0 Å². The highest BCUT2D eigenvalue weighted by Gasteiger charge is 2.16. The van der Waals surface area contributed by atoms with Gasteiger partial charge in [-0.3, -0.25) is 0 Å². The third-order valence-corrected chi connectivity index (χ3v) is 3.80. The summed E-state index contributed by atoms with van der Waals surface area (Å²) >= 11 is 0. The highest BCUT2D eigenvalue weighted by molar-refractivity contribution is 5.54. The number of nitrogen functional groups attached to an aromatic ring is 1. The average molecular weight is 292 g/mol. The second-order valence-electron chi connectivity index (χ2n) is 5.87. The van der Waals surface area contributed by atoms with Gasteiger partial charge in [-0.15, -0.1) is 0 Å². The zero-order valence-corrected chi connectivity index (χ0v) is 13.2. The van der Waals surface area contributed by atoms with Crippen molar-refractivity contribution in [3.63, 3.8) is 0 Å². The predicted octanol–water partition coefficient (Wildman–Crippen LogP) is 2.76. The number of nitrogens with two attached hydrogens (primary N) is 1. The summed E-state index contributed by atoms with van der Waals surface area (Å²) in [7, 11) is 0. The lowest BCUT2D eigenvalue weighted by Gasteiger charge is -2.17. The van der Waals surface area contributed by atoms with Gasteiger partial charge in [0.2, 0.25) is 0 Å². The molecule has 1 aliphatic rings. The molecule has 2 atom stereocenters. The SMILES string of the molecule is CCCOc1ccc(CC(C)NCC2CCCO2)cc1N. The van der Waals surface area contributed by atoms with Crippen LogP contribution in [0, 0.1) is 0 Å². The summed E-state index contributed by atoms with van der Waals surface area (Å²) < 4.78 is 11.2. The molecule has 0 amide bonds. The lowest BCUT2D eigenvalue weighted by Crippen LogP contribution is -2.34. The third kappa shape index (κ3) is 5.21. The second kappa shape index (κ2) is 8.25. The Morgan fingerprint density at radius 1 is 1.48 bits per heavy atom. The van der Waals surface area contributed by atoms with Crippen molar-refractivity contribution < 1.29 is 9.47 Å². The first kappa shape index (κ1) is 16.1. The Morgan fingerprint density at radius 3 is 3.00 bits per heavy atom. The van der Waals surface area contributed by atoms with Crippen LogP contribution in [-0.2, 0) is 11.2 Å². The first-order chi connectivity index (χ1) is 10.2. The normalized spacial score (nSPS) is 19.6. The molecule has 0 radical (unpaired) electrons. The number of hydrogen-bond acceptors (Lipinski definition) is 4. The van der Waals surface area contributed by atoms with Gasteiger partial charge in [-0.2, -0.15) is 0 Å². The fourth-order valence-electron chi connectivity index (χ4n) is 2.63. The standard InChI is InChI=1S/C17H28N2O2/c1-3-8-21-17-7-6-14(11-16(17)18)10-13(2)19-12-15-5-4-9-20-15/h6-7,11,13,15,19H,3-5,8-10,12,18H2,1-2H3. The van der Waals surface area contributed by atoms with E-state index in [2.05, 4.69) is 25.2 Å². The van der Waals surface area contributed by atoms with Gasteiger partial charge in [-0.25, -0.2) is 0 Å². The number of rotatable bonds is 8. The van der Waals surface area contributed by atoms with E-state index < -0.39 is 0 Å². The molecule has 4 heteroatoms. The molecule has 0 aliphatic carbocycles. The molecule has 0 bridgehead atoms. The van der Waals surface area contributed by atoms with Crippen LogP contribution in [0.2, 0.25) is 0 Å².